The molecule has 0 aromatic carbocycles. The van der Waals surface area contributed by atoms with E-state index in [1.807, 2.05) is 0 Å². The molecule has 0 amide bonds. The molecule has 0 aliphatic carbocycles. The summed E-state index contributed by atoms with van der Waals surface area (Å²) in [5.41, 5.74) is 5.35. The third kappa shape index (κ3) is 48.3. The van der Waals surface area contributed by atoms with Gasteiger partial charge in [0.2, 0.25) is 0 Å². The van der Waals surface area contributed by atoms with E-state index < -0.39 is 26.5 Å². The largest absolute Gasteiger partial charge is 0.472 e. The van der Waals surface area contributed by atoms with Gasteiger partial charge in [0, 0.05) is 19.4 Å². The van der Waals surface area contributed by atoms with E-state index in [0.29, 0.717) is 6.42 Å². The van der Waals surface area contributed by atoms with Crippen molar-refractivity contribution in [1.29, 1.82) is 0 Å². The lowest BCUT2D eigenvalue weighted by atomic mass is 10.0. The maximum atomic E-state index is 12.6. The number of phosphoric acid groups is 1. The van der Waals surface area contributed by atoms with E-state index in [4.69, 9.17) is 24.3 Å². The Balaban J connectivity index is 3.76. The molecule has 0 aromatic rings. The minimum absolute atomic E-state index is 0.0580. The average molecular weight is 888 g/mol. The first-order chi connectivity index (χ1) is 29.8. The maximum absolute atomic E-state index is 12.6. The Bertz CT molecular complexity index is 969. The predicted octanol–water partition coefficient (Wildman–Crippen LogP) is 16.0. The minimum Gasteiger partial charge on any atom is -0.462 e. The molecule has 0 saturated carbocycles. The fraction of sp³-hybridized carbons (Fsp3) is 0.961. The molecule has 10 heteroatoms. The van der Waals surface area contributed by atoms with Crippen molar-refractivity contribution in [2.24, 2.45) is 5.73 Å². The van der Waals surface area contributed by atoms with E-state index in [0.717, 1.165) is 32.1 Å². The molecule has 0 aromatic heterocycles. The van der Waals surface area contributed by atoms with Crippen molar-refractivity contribution in [3.05, 3.63) is 0 Å². The second kappa shape index (κ2) is 48.5. The zero-order valence-electron chi connectivity index (χ0n) is 40.4. The van der Waals surface area contributed by atoms with Crippen LogP contribution in [0.1, 0.15) is 284 Å². The van der Waals surface area contributed by atoms with Crippen molar-refractivity contribution in [1.82, 2.24) is 0 Å². The van der Waals surface area contributed by atoms with Crippen molar-refractivity contribution in [2.75, 3.05) is 26.4 Å². The summed E-state index contributed by atoms with van der Waals surface area (Å²) < 4.78 is 32.8. The normalized spacial score (nSPS) is 13.0. The first kappa shape index (κ1) is 60.0. The van der Waals surface area contributed by atoms with Crippen LogP contribution in [-0.4, -0.2) is 49.3 Å². The van der Waals surface area contributed by atoms with Crippen LogP contribution in [0.4, 0.5) is 0 Å². The van der Waals surface area contributed by atoms with Crippen molar-refractivity contribution < 1.29 is 37.6 Å². The number of nitrogens with two attached hydrogens (primary N) is 1. The predicted molar refractivity (Wildman–Crippen MR) is 257 cm³/mol. The smallest absolute Gasteiger partial charge is 0.462 e. The van der Waals surface area contributed by atoms with E-state index in [1.165, 1.54) is 218 Å². The molecule has 0 rings (SSSR count). The number of esters is 2. The van der Waals surface area contributed by atoms with Gasteiger partial charge in [0.15, 0.2) is 6.10 Å². The Morgan fingerprint density at radius 1 is 0.426 bits per heavy atom. The van der Waals surface area contributed by atoms with Gasteiger partial charge >= 0.3 is 19.8 Å². The Kier molecular flexibility index (Phi) is 47.7. The van der Waals surface area contributed by atoms with Crippen molar-refractivity contribution >= 4 is 19.8 Å². The standard InChI is InChI=1S/C51H102NO8P/c1-3-5-7-9-11-13-14-15-16-17-18-19-20-21-22-23-24-25-26-27-28-29-30-31-32-33-34-36-38-40-42-44-51(54)60-49(48-59-61(55,56)58-46-45-52)47-57-50(53)43-41-39-37-35-12-10-8-6-4-2/h49H,3-48,52H2,1-2H3,(H,55,56). The summed E-state index contributed by atoms with van der Waals surface area (Å²) >= 11 is 0. The Hall–Kier alpha value is -0.990. The van der Waals surface area contributed by atoms with E-state index in [2.05, 4.69) is 13.8 Å². The summed E-state index contributed by atoms with van der Waals surface area (Å²) in [5.74, 6) is -0.814. The van der Waals surface area contributed by atoms with Crippen molar-refractivity contribution in [3.63, 3.8) is 0 Å². The van der Waals surface area contributed by atoms with Crippen LogP contribution < -0.4 is 5.73 Å². The number of ether oxygens (including phenoxy) is 2. The molecule has 3 N–H and O–H groups in total. The second-order valence-corrected chi connectivity index (χ2v) is 19.6. The number of carbonyl (C=O) groups is 2. The van der Waals surface area contributed by atoms with Gasteiger partial charge < -0.3 is 20.1 Å². The molecule has 0 radical (unpaired) electrons. The number of unbranched alkanes of at least 4 members (excludes halogenated alkanes) is 38. The van der Waals surface area contributed by atoms with E-state index in [1.54, 1.807) is 0 Å². The Morgan fingerprint density at radius 3 is 1.00 bits per heavy atom. The highest BCUT2D eigenvalue weighted by Gasteiger charge is 2.26. The van der Waals surface area contributed by atoms with Crippen LogP contribution in [0.2, 0.25) is 0 Å². The van der Waals surface area contributed by atoms with Gasteiger partial charge in [-0.05, 0) is 12.8 Å². The number of carbonyl (C=O) groups excluding carboxylic acids is 2. The second-order valence-electron chi connectivity index (χ2n) is 18.1. The number of phosphoric ester groups is 1. The fourth-order valence-electron chi connectivity index (χ4n) is 8.05. The van der Waals surface area contributed by atoms with Crippen molar-refractivity contribution in [3.8, 4) is 0 Å². The summed E-state index contributed by atoms with van der Waals surface area (Å²) in [4.78, 5) is 34.9. The number of hydrogen-bond donors (Lipinski definition) is 2. The molecule has 0 aliphatic rings. The lowest BCUT2D eigenvalue weighted by Gasteiger charge is -2.19. The fourth-order valence-corrected chi connectivity index (χ4v) is 8.82. The first-order valence-electron chi connectivity index (χ1n) is 26.5. The highest BCUT2D eigenvalue weighted by molar-refractivity contribution is 7.47. The molecular formula is C51H102NO8P. The average Bonchev–Trinajstić information content (AvgIpc) is 3.25. The monoisotopic (exact) mass is 888 g/mol. The van der Waals surface area contributed by atoms with Gasteiger partial charge in [-0.3, -0.25) is 18.6 Å². The summed E-state index contributed by atoms with van der Waals surface area (Å²) in [6.07, 6.45) is 51.9. The molecule has 61 heavy (non-hydrogen) atoms. The Morgan fingerprint density at radius 2 is 0.705 bits per heavy atom. The summed E-state index contributed by atoms with van der Waals surface area (Å²) in [6.45, 7) is 3.76. The molecule has 364 valence electrons. The lowest BCUT2D eigenvalue weighted by Crippen LogP contribution is -2.29. The van der Waals surface area contributed by atoms with Crippen LogP contribution >= 0.6 is 7.82 Å². The number of rotatable bonds is 51. The molecule has 0 spiro atoms. The molecule has 2 unspecified atom stereocenters. The van der Waals surface area contributed by atoms with Crippen LogP contribution in [0.25, 0.3) is 0 Å². The highest BCUT2D eigenvalue weighted by Crippen LogP contribution is 2.43. The quantitative estimate of drug-likeness (QED) is 0.0348. The van der Waals surface area contributed by atoms with Gasteiger partial charge in [0.25, 0.3) is 0 Å². The van der Waals surface area contributed by atoms with Gasteiger partial charge in [-0.1, -0.05) is 258 Å². The zero-order valence-corrected chi connectivity index (χ0v) is 41.3. The zero-order chi connectivity index (χ0) is 44.6. The molecule has 0 saturated heterocycles. The Labute approximate surface area is 377 Å². The lowest BCUT2D eigenvalue weighted by molar-refractivity contribution is -0.161. The van der Waals surface area contributed by atoms with E-state index in [-0.39, 0.29) is 38.6 Å². The molecule has 0 bridgehead atoms. The molecule has 9 nitrogen and oxygen atoms in total. The van der Waals surface area contributed by atoms with Crippen LogP contribution in [0.15, 0.2) is 0 Å². The molecular weight excluding hydrogens is 786 g/mol. The van der Waals surface area contributed by atoms with Crippen molar-refractivity contribution in [2.45, 2.75) is 290 Å². The first-order valence-corrected chi connectivity index (χ1v) is 28.0. The van der Waals surface area contributed by atoms with Crippen LogP contribution in [-0.2, 0) is 32.7 Å². The maximum Gasteiger partial charge on any atom is 0.472 e. The van der Waals surface area contributed by atoms with Gasteiger partial charge in [-0.25, -0.2) is 4.57 Å². The molecule has 0 fully saturated rings. The van der Waals surface area contributed by atoms with Gasteiger partial charge in [-0.15, -0.1) is 0 Å². The van der Waals surface area contributed by atoms with Gasteiger partial charge in [-0.2, -0.15) is 0 Å². The minimum atomic E-state index is -4.37. The van der Waals surface area contributed by atoms with Crippen LogP contribution in [0, 0.1) is 0 Å². The van der Waals surface area contributed by atoms with Gasteiger partial charge in [0.1, 0.15) is 6.61 Å². The number of hydrogen-bond acceptors (Lipinski definition) is 8. The molecule has 0 aliphatic heterocycles. The topological polar surface area (TPSA) is 134 Å². The molecule has 2 atom stereocenters. The SMILES string of the molecule is CCCCCCCCCCCCCCCCCCCCCCCCCCCCCCCCCC(=O)OC(COC(=O)CCCCCCCCCCC)COP(=O)(O)OCCN. The third-order valence-electron chi connectivity index (χ3n) is 12.0. The van der Waals surface area contributed by atoms with Crippen LogP contribution in [0.5, 0.6) is 0 Å². The van der Waals surface area contributed by atoms with E-state index in [9.17, 15) is 19.0 Å². The highest BCUT2D eigenvalue weighted by atomic mass is 31.2. The van der Waals surface area contributed by atoms with Crippen LogP contribution in [0.3, 0.4) is 0 Å². The summed E-state index contributed by atoms with van der Waals surface area (Å²) in [7, 11) is -4.37. The van der Waals surface area contributed by atoms with Gasteiger partial charge in [0.05, 0.1) is 13.2 Å². The summed E-state index contributed by atoms with van der Waals surface area (Å²) in [5, 5.41) is 0. The van der Waals surface area contributed by atoms with E-state index >= 15 is 0 Å². The molecule has 0 heterocycles. The third-order valence-corrected chi connectivity index (χ3v) is 13.0. The summed E-state index contributed by atoms with van der Waals surface area (Å²) in [6, 6.07) is 0.